The van der Waals surface area contributed by atoms with Crippen LogP contribution in [0.1, 0.15) is 36.9 Å². The van der Waals surface area contributed by atoms with Crippen LogP contribution < -0.4 is 0 Å². The monoisotopic (exact) mass is 311 g/mol. The number of ether oxygens (including phenoxy) is 1. The molecule has 3 nitrogen and oxygen atoms in total. The first kappa shape index (κ1) is 17.2. The van der Waals surface area contributed by atoms with Crippen LogP contribution in [0, 0.1) is 0 Å². The van der Waals surface area contributed by atoms with Crippen molar-refractivity contribution < 1.29 is 9.53 Å². The maximum absolute atomic E-state index is 12.4. The van der Waals surface area contributed by atoms with Gasteiger partial charge in [0.2, 0.25) is 0 Å². The number of carbonyl (C=O) groups excluding carboxylic acids is 1. The lowest BCUT2D eigenvalue weighted by molar-refractivity contribution is -0.145. The van der Waals surface area contributed by atoms with Gasteiger partial charge in [-0.05, 0) is 32.0 Å². The van der Waals surface area contributed by atoms with Crippen molar-refractivity contribution in [2.75, 3.05) is 20.2 Å². The summed E-state index contributed by atoms with van der Waals surface area (Å²) in [5, 5.41) is 0. The molecule has 0 radical (unpaired) electrons. The van der Waals surface area contributed by atoms with Crippen LogP contribution in [0.4, 0.5) is 0 Å². The predicted octanol–water partition coefficient (Wildman–Crippen LogP) is 4.03. The van der Waals surface area contributed by atoms with E-state index in [4.69, 9.17) is 4.74 Å². The van der Waals surface area contributed by atoms with Gasteiger partial charge in [0.1, 0.15) is 0 Å². The van der Waals surface area contributed by atoms with Crippen LogP contribution in [0.25, 0.3) is 0 Å². The van der Waals surface area contributed by atoms with Crippen LogP contribution in [0.3, 0.4) is 0 Å². The van der Waals surface area contributed by atoms with E-state index in [1.54, 1.807) is 0 Å². The zero-order valence-electron chi connectivity index (χ0n) is 14.1. The molecule has 2 aromatic rings. The molecule has 0 aliphatic carbocycles. The summed E-state index contributed by atoms with van der Waals surface area (Å²) < 4.78 is 5.28. The lowest BCUT2D eigenvalue weighted by Crippen LogP contribution is -2.32. The fourth-order valence-corrected chi connectivity index (χ4v) is 2.68. The topological polar surface area (TPSA) is 29.5 Å². The summed E-state index contributed by atoms with van der Waals surface area (Å²) in [5.74, 6) is -0.432. The molecule has 0 aromatic heterocycles. The van der Waals surface area contributed by atoms with Crippen LogP contribution in [-0.4, -0.2) is 31.1 Å². The second kappa shape index (κ2) is 8.49. The summed E-state index contributed by atoms with van der Waals surface area (Å²) >= 11 is 0. The number of nitrogens with zero attached hydrogens (tertiary/aromatic N) is 1. The van der Waals surface area contributed by atoms with Crippen molar-refractivity contribution in [3.8, 4) is 0 Å². The third kappa shape index (κ3) is 4.67. The number of esters is 1. The summed E-state index contributed by atoms with van der Waals surface area (Å²) in [5.41, 5.74) is 2.24. The number of carbonyl (C=O) groups is 1. The minimum Gasteiger partial charge on any atom is -0.465 e. The second-order valence-electron chi connectivity index (χ2n) is 5.74. The maximum atomic E-state index is 12.4. The van der Waals surface area contributed by atoms with Crippen LogP contribution in [-0.2, 0) is 9.53 Å². The largest absolute Gasteiger partial charge is 0.465 e. The Kier molecular flexibility index (Phi) is 6.36. The van der Waals surface area contributed by atoms with Crippen LogP contribution in [0.2, 0.25) is 0 Å². The smallest absolute Gasteiger partial charge is 0.314 e. The van der Waals surface area contributed by atoms with Crippen molar-refractivity contribution in [1.82, 2.24) is 4.90 Å². The number of hydrogen-bond donors (Lipinski definition) is 0. The van der Waals surface area contributed by atoms with E-state index >= 15 is 0 Å². The maximum Gasteiger partial charge on any atom is 0.314 e. The second-order valence-corrected chi connectivity index (χ2v) is 5.74. The molecule has 0 fully saturated rings. The van der Waals surface area contributed by atoms with Gasteiger partial charge in [-0.25, -0.2) is 0 Å². The Morgan fingerprint density at radius 3 is 2.04 bits per heavy atom. The van der Waals surface area contributed by atoms with Crippen LogP contribution in [0.5, 0.6) is 0 Å². The molecular formula is C20H25NO2. The molecule has 0 aliphatic rings. The van der Waals surface area contributed by atoms with Gasteiger partial charge in [-0.15, -0.1) is 0 Å². The summed E-state index contributed by atoms with van der Waals surface area (Å²) in [4.78, 5) is 14.6. The minimum absolute atomic E-state index is 0.161. The molecule has 0 heterocycles. The molecule has 2 atom stereocenters. The Morgan fingerprint density at radius 2 is 1.52 bits per heavy atom. The lowest BCUT2D eigenvalue weighted by Gasteiger charge is -2.28. The summed E-state index contributed by atoms with van der Waals surface area (Å²) in [6, 6.07) is 20.4. The summed E-state index contributed by atoms with van der Waals surface area (Å²) in [7, 11) is 2.05. The van der Waals surface area contributed by atoms with Crippen molar-refractivity contribution in [1.29, 1.82) is 0 Å². The molecule has 0 saturated carbocycles. The average molecular weight is 311 g/mol. The standard InChI is InChI=1S/C20H25NO2/c1-4-23-20(22)19(18-13-9-6-10-14-18)15-21(3)16(2)17-11-7-5-8-12-17/h5-14,16,19H,4,15H2,1-3H3/t16-,19-/m1/s1. The van der Waals surface area contributed by atoms with Gasteiger partial charge in [0.25, 0.3) is 0 Å². The van der Waals surface area contributed by atoms with Crippen LogP contribution >= 0.6 is 0 Å². The van der Waals surface area contributed by atoms with Crippen molar-refractivity contribution >= 4 is 5.97 Å². The van der Waals surface area contributed by atoms with E-state index in [0.29, 0.717) is 13.2 Å². The first-order valence-corrected chi connectivity index (χ1v) is 8.10. The molecule has 0 unspecified atom stereocenters. The molecule has 0 saturated heterocycles. The highest BCUT2D eigenvalue weighted by Crippen LogP contribution is 2.24. The van der Waals surface area contributed by atoms with E-state index in [1.165, 1.54) is 5.56 Å². The van der Waals surface area contributed by atoms with E-state index in [1.807, 2.05) is 62.5 Å². The van der Waals surface area contributed by atoms with Gasteiger partial charge in [0, 0.05) is 12.6 Å². The molecule has 2 aromatic carbocycles. The molecule has 0 N–H and O–H groups in total. The van der Waals surface area contributed by atoms with E-state index in [-0.39, 0.29) is 17.9 Å². The van der Waals surface area contributed by atoms with E-state index < -0.39 is 0 Å². The molecule has 0 aliphatic heterocycles. The lowest BCUT2D eigenvalue weighted by atomic mass is 9.97. The van der Waals surface area contributed by atoms with Crippen molar-refractivity contribution in [2.45, 2.75) is 25.8 Å². The molecule has 2 rings (SSSR count). The highest BCUT2D eigenvalue weighted by molar-refractivity contribution is 5.78. The van der Waals surface area contributed by atoms with E-state index in [0.717, 1.165) is 5.56 Å². The van der Waals surface area contributed by atoms with Gasteiger partial charge < -0.3 is 4.74 Å². The normalized spacial score (nSPS) is 13.6. The molecular weight excluding hydrogens is 286 g/mol. The van der Waals surface area contributed by atoms with Gasteiger partial charge in [-0.1, -0.05) is 60.7 Å². The summed E-state index contributed by atoms with van der Waals surface area (Å²) in [6.07, 6.45) is 0. The predicted molar refractivity (Wildman–Crippen MR) is 93.3 cm³/mol. The van der Waals surface area contributed by atoms with Crippen molar-refractivity contribution in [3.05, 3.63) is 71.8 Å². The SMILES string of the molecule is CCOC(=O)[C@H](CN(C)[C@H](C)c1ccccc1)c1ccccc1. The zero-order chi connectivity index (χ0) is 16.7. The van der Waals surface area contributed by atoms with Crippen LogP contribution in [0.15, 0.2) is 60.7 Å². The van der Waals surface area contributed by atoms with Gasteiger partial charge >= 0.3 is 5.97 Å². The third-order valence-corrected chi connectivity index (χ3v) is 4.19. The van der Waals surface area contributed by atoms with Crippen molar-refractivity contribution in [3.63, 3.8) is 0 Å². The molecule has 0 spiro atoms. The Hall–Kier alpha value is -2.13. The Labute approximate surface area is 138 Å². The first-order valence-electron chi connectivity index (χ1n) is 8.10. The average Bonchev–Trinajstić information content (AvgIpc) is 2.60. The van der Waals surface area contributed by atoms with Gasteiger partial charge in [0.05, 0.1) is 12.5 Å². The molecule has 0 bridgehead atoms. The third-order valence-electron chi connectivity index (χ3n) is 4.19. The minimum atomic E-state index is -0.271. The fourth-order valence-electron chi connectivity index (χ4n) is 2.68. The van der Waals surface area contributed by atoms with Gasteiger partial charge in [0.15, 0.2) is 0 Å². The van der Waals surface area contributed by atoms with Crippen molar-refractivity contribution in [2.24, 2.45) is 0 Å². The summed E-state index contributed by atoms with van der Waals surface area (Å²) in [6.45, 7) is 5.03. The molecule has 3 heteroatoms. The first-order chi connectivity index (χ1) is 11.1. The highest BCUT2D eigenvalue weighted by atomic mass is 16.5. The highest BCUT2D eigenvalue weighted by Gasteiger charge is 2.25. The molecule has 0 amide bonds. The Morgan fingerprint density at radius 1 is 1.00 bits per heavy atom. The number of rotatable bonds is 7. The Bertz CT molecular complexity index is 598. The Balaban J connectivity index is 2.15. The number of benzene rings is 2. The number of likely N-dealkylation sites (N-methyl/N-ethyl adjacent to an activating group) is 1. The fraction of sp³-hybridized carbons (Fsp3) is 0.350. The van der Waals surface area contributed by atoms with Gasteiger partial charge in [-0.3, -0.25) is 9.69 Å². The molecule has 23 heavy (non-hydrogen) atoms. The van der Waals surface area contributed by atoms with E-state index in [9.17, 15) is 4.79 Å². The number of hydrogen-bond acceptors (Lipinski definition) is 3. The van der Waals surface area contributed by atoms with Gasteiger partial charge in [-0.2, -0.15) is 0 Å². The van der Waals surface area contributed by atoms with E-state index in [2.05, 4.69) is 24.0 Å². The quantitative estimate of drug-likeness (QED) is 0.723. The molecule has 122 valence electrons. The zero-order valence-corrected chi connectivity index (χ0v) is 14.1.